The second kappa shape index (κ2) is 7.85. The highest BCUT2D eigenvalue weighted by Gasteiger charge is 2.21. The number of esters is 1. The zero-order valence-electron chi connectivity index (χ0n) is 13.6. The molecule has 0 bridgehead atoms. The molecule has 0 fully saturated rings. The van der Waals surface area contributed by atoms with E-state index in [1.165, 1.54) is 0 Å². The van der Waals surface area contributed by atoms with Crippen LogP contribution in [0, 0.1) is 0 Å². The topological polar surface area (TPSA) is 39.2 Å². The number of hydrogen-bond donors (Lipinski definition) is 1. The smallest absolute Gasteiger partial charge is 0.341 e. The molecule has 0 saturated carbocycles. The van der Waals surface area contributed by atoms with Crippen molar-refractivity contribution in [2.24, 2.45) is 0 Å². The highest BCUT2D eigenvalue weighted by atomic mass is 79.9. The summed E-state index contributed by atoms with van der Waals surface area (Å²) in [6, 6.07) is 19.4. The maximum absolute atomic E-state index is 12.5. The molecule has 0 radical (unpaired) electrons. The van der Waals surface area contributed by atoms with Crippen LogP contribution in [0.4, 0.5) is 0 Å². The molecule has 5 heteroatoms. The number of nitrogens with zero attached hydrogens (tertiary/aromatic N) is 1. The van der Waals surface area contributed by atoms with Crippen LogP contribution in [0.5, 0.6) is 0 Å². The second-order valence-electron chi connectivity index (χ2n) is 5.32. The number of hydrogen-bond acceptors (Lipinski definition) is 4. The van der Waals surface area contributed by atoms with E-state index in [0.717, 1.165) is 27.3 Å². The van der Waals surface area contributed by atoms with Gasteiger partial charge in [0.15, 0.2) is 0 Å². The Labute approximate surface area is 160 Å². The van der Waals surface area contributed by atoms with Gasteiger partial charge in [-0.1, -0.05) is 48.5 Å². The van der Waals surface area contributed by atoms with Crippen LogP contribution in [0.2, 0.25) is 0 Å². The number of ether oxygens (including phenoxy) is 1. The fourth-order valence-corrected chi connectivity index (χ4v) is 3.43. The normalized spacial score (nSPS) is 10.5. The molecule has 0 aliphatic rings. The SMILES string of the molecule is CCOC(=O)c1c(-c2ccccc2)cc(-c2ccccc2S)nc1Br. The molecule has 3 aromatic rings. The van der Waals surface area contributed by atoms with Gasteiger partial charge in [0.05, 0.1) is 12.3 Å². The molecule has 0 amide bonds. The number of benzene rings is 2. The number of carbonyl (C=O) groups is 1. The molecule has 0 aliphatic carbocycles. The average molecular weight is 414 g/mol. The first-order valence-electron chi connectivity index (χ1n) is 7.83. The summed E-state index contributed by atoms with van der Waals surface area (Å²) in [6.45, 7) is 2.09. The predicted molar refractivity (Wildman–Crippen MR) is 106 cm³/mol. The fraction of sp³-hybridized carbons (Fsp3) is 0.100. The van der Waals surface area contributed by atoms with Gasteiger partial charge in [-0.05, 0) is 40.5 Å². The van der Waals surface area contributed by atoms with Crippen LogP contribution in [-0.4, -0.2) is 17.6 Å². The zero-order chi connectivity index (χ0) is 17.8. The van der Waals surface area contributed by atoms with E-state index in [-0.39, 0.29) is 0 Å². The van der Waals surface area contributed by atoms with Crippen LogP contribution in [0.15, 0.2) is 70.2 Å². The quantitative estimate of drug-likeness (QED) is 0.341. The third-order valence-corrected chi connectivity index (χ3v) is 4.68. The van der Waals surface area contributed by atoms with Gasteiger partial charge >= 0.3 is 5.97 Å². The fourth-order valence-electron chi connectivity index (χ4n) is 2.58. The van der Waals surface area contributed by atoms with Gasteiger partial charge in [-0.2, -0.15) is 0 Å². The summed E-state index contributed by atoms with van der Waals surface area (Å²) in [7, 11) is 0. The molecule has 0 atom stereocenters. The van der Waals surface area contributed by atoms with E-state index in [2.05, 4.69) is 33.5 Å². The van der Waals surface area contributed by atoms with Crippen LogP contribution in [0.3, 0.4) is 0 Å². The lowest BCUT2D eigenvalue weighted by atomic mass is 9.99. The van der Waals surface area contributed by atoms with E-state index in [0.29, 0.717) is 16.8 Å². The van der Waals surface area contributed by atoms with E-state index in [9.17, 15) is 4.79 Å². The molecule has 2 aromatic carbocycles. The highest BCUT2D eigenvalue weighted by Crippen LogP contribution is 2.34. The van der Waals surface area contributed by atoms with Crippen molar-refractivity contribution in [3.63, 3.8) is 0 Å². The first-order valence-corrected chi connectivity index (χ1v) is 9.07. The van der Waals surface area contributed by atoms with Gasteiger partial charge in [-0.15, -0.1) is 12.6 Å². The second-order valence-corrected chi connectivity index (χ2v) is 6.56. The van der Waals surface area contributed by atoms with Crippen LogP contribution >= 0.6 is 28.6 Å². The molecule has 0 N–H and O–H groups in total. The number of thiol groups is 1. The third kappa shape index (κ3) is 3.78. The lowest BCUT2D eigenvalue weighted by molar-refractivity contribution is 0.0525. The summed E-state index contributed by atoms with van der Waals surface area (Å²) in [5, 5.41) is 0. The molecule has 1 aromatic heterocycles. The minimum atomic E-state index is -0.397. The summed E-state index contributed by atoms with van der Waals surface area (Å²) < 4.78 is 5.67. The van der Waals surface area contributed by atoms with Crippen LogP contribution in [0.25, 0.3) is 22.4 Å². The van der Waals surface area contributed by atoms with Crippen molar-refractivity contribution in [2.75, 3.05) is 6.61 Å². The van der Waals surface area contributed by atoms with E-state index in [1.54, 1.807) is 6.92 Å². The molecule has 0 aliphatic heterocycles. The molecule has 25 heavy (non-hydrogen) atoms. The Kier molecular flexibility index (Phi) is 5.56. The Morgan fingerprint density at radius 2 is 1.76 bits per heavy atom. The largest absolute Gasteiger partial charge is 0.462 e. The summed E-state index contributed by atoms with van der Waals surface area (Å²) in [4.78, 5) is 17.9. The summed E-state index contributed by atoms with van der Waals surface area (Å²) in [6.07, 6.45) is 0. The number of aromatic nitrogens is 1. The minimum Gasteiger partial charge on any atom is -0.462 e. The Morgan fingerprint density at radius 1 is 1.08 bits per heavy atom. The first-order chi connectivity index (χ1) is 12.1. The summed E-state index contributed by atoms with van der Waals surface area (Å²) >= 11 is 7.97. The first kappa shape index (κ1) is 17.7. The minimum absolute atomic E-state index is 0.306. The van der Waals surface area contributed by atoms with Crippen LogP contribution < -0.4 is 0 Å². The maximum atomic E-state index is 12.5. The van der Waals surface area contributed by atoms with Gasteiger partial charge in [0.25, 0.3) is 0 Å². The molecule has 3 rings (SSSR count). The van der Waals surface area contributed by atoms with Crippen molar-refractivity contribution < 1.29 is 9.53 Å². The van der Waals surface area contributed by atoms with Gasteiger partial charge in [-0.25, -0.2) is 9.78 Å². The lowest BCUT2D eigenvalue weighted by Crippen LogP contribution is -2.09. The molecule has 126 valence electrons. The summed E-state index contributed by atoms with van der Waals surface area (Å²) in [5.74, 6) is -0.397. The molecule has 0 saturated heterocycles. The van der Waals surface area contributed by atoms with Crippen molar-refractivity contribution >= 4 is 34.5 Å². The third-order valence-electron chi connectivity index (χ3n) is 3.72. The maximum Gasteiger partial charge on any atom is 0.341 e. The van der Waals surface area contributed by atoms with Crippen molar-refractivity contribution in [3.05, 3.63) is 70.8 Å². The molecule has 1 heterocycles. The van der Waals surface area contributed by atoms with Gasteiger partial charge < -0.3 is 4.74 Å². The van der Waals surface area contributed by atoms with E-state index < -0.39 is 5.97 Å². The van der Waals surface area contributed by atoms with Crippen molar-refractivity contribution in [1.82, 2.24) is 4.98 Å². The van der Waals surface area contributed by atoms with Gasteiger partial charge in [0.1, 0.15) is 10.2 Å². The number of rotatable bonds is 4. The zero-order valence-corrected chi connectivity index (χ0v) is 16.0. The molecular weight excluding hydrogens is 398 g/mol. The molecule has 3 nitrogen and oxygen atoms in total. The molecule has 0 unspecified atom stereocenters. The number of carbonyl (C=O) groups excluding carboxylic acids is 1. The monoisotopic (exact) mass is 413 g/mol. The van der Waals surface area contributed by atoms with E-state index >= 15 is 0 Å². The lowest BCUT2D eigenvalue weighted by Gasteiger charge is -2.14. The van der Waals surface area contributed by atoms with E-state index in [1.807, 2.05) is 60.7 Å². The average Bonchev–Trinajstić information content (AvgIpc) is 2.62. The van der Waals surface area contributed by atoms with E-state index in [4.69, 9.17) is 4.74 Å². The van der Waals surface area contributed by atoms with Crippen molar-refractivity contribution in [1.29, 1.82) is 0 Å². The Morgan fingerprint density at radius 3 is 2.44 bits per heavy atom. The predicted octanol–water partition coefficient (Wildman–Crippen LogP) is 5.64. The van der Waals surface area contributed by atoms with Crippen molar-refractivity contribution in [3.8, 4) is 22.4 Å². The number of pyridine rings is 1. The Bertz CT molecular complexity index is 913. The van der Waals surface area contributed by atoms with Crippen molar-refractivity contribution in [2.45, 2.75) is 11.8 Å². The summed E-state index contributed by atoms with van der Waals surface area (Å²) in [5.41, 5.74) is 3.76. The molecular formula is C20H16BrNO2S. The Hall–Kier alpha value is -2.11. The van der Waals surface area contributed by atoms with Crippen LogP contribution in [-0.2, 0) is 4.74 Å². The highest BCUT2D eigenvalue weighted by molar-refractivity contribution is 9.10. The molecule has 0 spiro atoms. The van der Waals surface area contributed by atoms with Crippen LogP contribution in [0.1, 0.15) is 17.3 Å². The Balaban J connectivity index is 2.25. The van der Waals surface area contributed by atoms with Gasteiger partial charge in [0.2, 0.25) is 0 Å². The standard InChI is InChI=1S/C20H16BrNO2S/c1-2-24-20(23)18-15(13-8-4-3-5-9-13)12-16(22-19(18)21)14-10-6-7-11-17(14)25/h3-12,25H,2H2,1H3. The number of halogens is 1. The van der Waals surface area contributed by atoms with Gasteiger partial charge in [0, 0.05) is 16.0 Å². The van der Waals surface area contributed by atoms with Gasteiger partial charge in [-0.3, -0.25) is 0 Å².